The largest absolute Gasteiger partial charge is 0.497 e. The Balaban J connectivity index is 1.56. The van der Waals surface area contributed by atoms with E-state index in [1.165, 1.54) is 0 Å². The van der Waals surface area contributed by atoms with Gasteiger partial charge >= 0.3 is 5.97 Å². The number of carboxylic acid groups (broad SMARTS) is 1. The third-order valence-corrected chi connectivity index (χ3v) is 9.14. The van der Waals surface area contributed by atoms with E-state index in [2.05, 4.69) is 5.32 Å². The van der Waals surface area contributed by atoms with Gasteiger partial charge < -0.3 is 15.2 Å². The summed E-state index contributed by atoms with van der Waals surface area (Å²) in [5.74, 6) is -3.02. The molecule has 0 saturated carbocycles. The number of unbranched alkanes of at least 4 members (excludes halogenated alkanes) is 2. The first-order valence-corrected chi connectivity index (χ1v) is 16.9. The van der Waals surface area contributed by atoms with E-state index in [0.717, 1.165) is 52.5 Å². The number of benzene rings is 4. The van der Waals surface area contributed by atoms with E-state index >= 15 is 0 Å². The summed E-state index contributed by atoms with van der Waals surface area (Å²) in [6.07, 6.45) is 3.36. The van der Waals surface area contributed by atoms with Crippen LogP contribution in [0, 0.1) is 11.8 Å². The van der Waals surface area contributed by atoms with Gasteiger partial charge in [-0.1, -0.05) is 118 Å². The molecule has 0 aliphatic heterocycles. The number of hydrogen-bond donors (Lipinski definition) is 2. The van der Waals surface area contributed by atoms with Gasteiger partial charge in [0.25, 0.3) is 0 Å². The summed E-state index contributed by atoms with van der Waals surface area (Å²) in [7, 11) is 1.62. The number of Topliss-reactive ketones (excluding diaryl/α,β-unsaturated/α-hetero) is 2. The number of carboxylic acids is 1. The first-order valence-electron chi connectivity index (χ1n) is 16.9. The lowest BCUT2D eigenvalue weighted by Crippen LogP contribution is -2.46. The molecule has 0 aromatic heterocycles. The van der Waals surface area contributed by atoms with Crippen LogP contribution in [0.1, 0.15) is 75.0 Å². The van der Waals surface area contributed by atoms with Crippen LogP contribution in [0.2, 0.25) is 0 Å². The van der Waals surface area contributed by atoms with Crippen LogP contribution in [0.25, 0.3) is 10.8 Å². The second kappa shape index (κ2) is 17.9. The van der Waals surface area contributed by atoms with Crippen molar-refractivity contribution in [1.82, 2.24) is 5.32 Å². The molecule has 4 aromatic rings. The minimum Gasteiger partial charge on any atom is -0.497 e. The number of aliphatic carboxylic acids is 1. The molecule has 0 saturated heterocycles. The van der Waals surface area contributed by atoms with Crippen LogP contribution >= 0.6 is 0 Å². The fraction of sp³-hybridized carbons (Fsp3) is 0.366. The van der Waals surface area contributed by atoms with E-state index in [1.54, 1.807) is 7.11 Å². The number of rotatable bonds is 19. The molecule has 0 aliphatic rings. The van der Waals surface area contributed by atoms with Crippen molar-refractivity contribution >= 4 is 34.2 Å². The van der Waals surface area contributed by atoms with Crippen LogP contribution < -0.4 is 10.1 Å². The molecule has 0 unspecified atom stereocenters. The zero-order valence-corrected chi connectivity index (χ0v) is 28.2. The van der Waals surface area contributed by atoms with Crippen molar-refractivity contribution in [2.45, 2.75) is 77.2 Å². The monoisotopic (exact) mass is 649 g/mol. The van der Waals surface area contributed by atoms with Crippen molar-refractivity contribution in [1.29, 1.82) is 0 Å². The predicted molar refractivity (Wildman–Crippen MR) is 189 cm³/mol. The Morgan fingerprint density at radius 2 is 1.33 bits per heavy atom. The number of methoxy groups -OCH3 is 1. The van der Waals surface area contributed by atoms with Crippen molar-refractivity contribution in [3.63, 3.8) is 0 Å². The summed E-state index contributed by atoms with van der Waals surface area (Å²) in [4.78, 5) is 53.7. The van der Waals surface area contributed by atoms with Crippen molar-refractivity contribution < 1.29 is 29.0 Å². The normalized spacial score (nSPS) is 13.6. The lowest BCUT2D eigenvalue weighted by molar-refractivity contribution is -0.144. The zero-order chi connectivity index (χ0) is 34.5. The molecule has 2 N–H and O–H groups in total. The molecular formula is C41H47NO6. The minimum atomic E-state index is -1.00. The summed E-state index contributed by atoms with van der Waals surface area (Å²) >= 11 is 0. The smallest absolute Gasteiger partial charge is 0.306 e. The van der Waals surface area contributed by atoms with Gasteiger partial charge in [0.05, 0.1) is 19.1 Å². The fourth-order valence-corrected chi connectivity index (χ4v) is 6.12. The van der Waals surface area contributed by atoms with Gasteiger partial charge in [-0.3, -0.25) is 19.2 Å². The number of ether oxygens (including phenoxy) is 1. The molecule has 0 fully saturated rings. The van der Waals surface area contributed by atoms with Crippen LogP contribution in [-0.4, -0.2) is 41.7 Å². The van der Waals surface area contributed by atoms with E-state index in [1.807, 2.05) is 111 Å². The number of ketones is 2. The van der Waals surface area contributed by atoms with Crippen LogP contribution in [0.15, 0.2) is 97.1 Å². The Labute approximate surface area is 283 Å². The van der Waals surface area contributed by atoms with Crippen molar-refractivity contribution in [3.8, 4) is 5.75 Å². The molecule has 48 heavy (non-hydrogen) atoms. The van der Waals surface area contributed by atoms with Gasteiger partial charge in [-0.2, -0.15) is 0 Å². The second-order valence-corrected chi connectivity index (χ2v) is 12.7. The molecule has 7 heteroatoms. The lowest BCUT2D eigenvalue weighted by Gasteiger charge is -2.24. The lowest BCUT2D eigenvalue weighted by atomic mass is 9.86. The van der Waals surface area contributed by atoms with E-state index in [-0.39, 0.29) is 30.8 Å². The molecule has 4 atom stereocenters. The van der Waals surface area contributed by atoms with Gasteiger partial charge in [0.2, 0.25) is 5.91 Å². The number of carbonyl (C=O) groups excluding carboxylic acids is 3. The Kier molecular flexibility index (Phi) is 13.5. The molecule has 0 aliphatic carbocycles. The Morgan fingerprint density at radius 1 is 0.729 bits per heavy atom. The van der Waals surface area contributed by atoms with E-state index < -0.39 is 35.7 Å². The third-order valence-electron chi connectivity index (χ3n) is 9.14. The molecule has 1 amide bonds. The highest BCUT2D eigenvalue weighted by Crippen LogP contribution is 2.28. The molecule has 4 aromatic carbocycles. The highest BCUT2D eigenvalue weighted by atomic mass is 16.5. The van der Waals surface area contributed by atoms with E-state index in [4.69, 9.17) is 4.74 Å². The van der Waals surface area contributed by atoms with E-state index in [9.17, 15) is 24.3 Å². The Hall–Kier alpha value is -4.78. The first kappa shape index (κ1) is 36.1. The molecule has 0 spiro atoms. The maximum Gasteiger partial charge on any atom is 0.306 e. The highest BCUT2D eigenvalue weighted by Gasteiger charge is 2.31. The van der Waals surface area contributed by atoms with Crippen molar-refractivity contribution in [2.75, 3.05) is 7.11 Å². The van der Waals surface area contributed by atoms with E-state index in [0.29, 0.717) is 12.8 Å². The van der Waals surface area contributed by atoms with Crippen LogP contribution in [-0.2, 0) is 32.0 Å². The number of amides is 1. The predicted octanol–water partition coefficient (Wildman–Crippen LogP) is 7.74. The molecule has 0 bridgehead atoms. The van der Waals surface area contributed by atoms with Crippen LogP contribution in [0.3, 0.4) is 0 Å². The Morgan fingerprint density at radius 3 is 1.96 bits per heavy atom. The molecule has 4 rings (SSSR count). The van der Waals surface area contributed by atoms with Crippen molar-refractivity contribution in [3.05, 3.63) is 114 Å². The highest BCUT2D eigenvalue weighted by molar-refractivity contribution is 5.95. The maximum atomic E-state index is 14.1. The summed E-state index contributed by atoms with van der Waals surface area (Å²) in [6.45, 7) is 3.90. The summed E-state index contributed by atoms with van der Waals surface area (Å²) in [5.41, 5.74) is 2.62. The van der Waals surface area contributed by atoms with Gasteiger partial charge in [0.1, 0.15) is 11.5 Å². The second-order valence-electron chi connectivity index (χ2n) is 12.7. The molecule has 252 valence electrons. The number of nitrogens with one attached hydrogen (secondary N) is 1. The van der Waals surface area contributed by atoms with Crippen LogP contribution in [0.5, 0.6) is 5.75 Å². The topological polar surface area (TPSA) is 110 Å². The van der Waals surface area contributed by atoms with Gasteiger partial charge in [-0.15, -0.1) is 0 Å². The zero-order valence-electron chi connectivity index (χ0n) is 28.2. The number of carbonyl (C=O) groups is 4. The SMILES string of the molecule is CCCCC[C@@H](CC(=O)[C@@H](Cc1ccccc1)NC(=O)[C@H](CC(=O)[C@@H](C)c1ccc2cc(OC)ccc2c1)Cc1ccccc1)C(=O)O. The van der Waals surface area contributed by atoms with Gasteiger partial charge in [-0.25, -0.2) is 0 Å². The molecule has 0 heterocycles. The minimum absolute atomic E-state index is 0.0104. The average molecular weight is 650 g/mol. The van der Waals surface area contributed by atoms with Gasteiger partial charge in [0.15, 0.2) is 5.78 Å². The van der Waals surface area contributed by atoms with Crippen LogP contribution in [0.4, 0.5) is 0 Å². The average Bonchev–Trinajstić information content (AvgIpc) is 3.10. The molecular weight excluding hydrogens is 602 g/mol. The van der Waals surface area contributed by atoms with Crippen molar-refractivity contribution in [2.24, 2.45) is 11.8 Å². The quantitative estimate of drug-likeness (QED) is 0.101. The molecule has 0 radical (unpaired) electrons. The molecule has 7 nitrogen and oxygen atoms in total. The maximum absolute atomic E-state index is 14.1. The summed E-state index contributed by atoms with van der Waals surface area (Å²) in [5, 5.41) is 14.8. The number of hydrogen-bond acceptors (Lipinski definition) is 5. The van der Waals surface area contributed by atoms with Gasteiger partial charge in [0, 0.05) is 24.7 Å². The number of fused-ring (bicyclic) bond motifs is 1. The first-order chi connectivity index (χ1) is 23.2. The fourth-order valence-electron chi connectivity index (χ4n) is 6.12. The standard InChI is InChI=1S/C41H47NO6/c1-4-5-8-17-34(41(46)47)26-39(44)37(23-30-15-11-7-12-16-30)42-40(45)35(22-29-13-9-6-10-14-29)27-38(43)28(2)31-18-19-33-25-36(48-3)21-20-32(33)24-31/h6-7,9-16,18-21,24-25,28,34-35,37H,4-5,8,17,22-23,26-27H2,1-3H3,(H,42,45)(H,46,47)/t28-,34-,35-,37+/m0/s1. The van der Waals surface area contributed by atoms with Gasteiger partial charge in [-0.05, 0) is 58.9 Å². The third kappa shape index (κ3) is 10.4. The Bertz CT molecular complexity index is 1670. The summed E-state index contributed by atoms with van der Waals surface area (Å²) < 4.78 is 5.34. The summed E-state index contributed by atoms with van der Waals surface area (Å²) in [6, 6.07) is 29.7.